The van der Waals surface area contributed by atoms with Gasteiger partial charge in [0.25, 0.3) is 0 Å². The number of thiazole rings is 1. The quantitative estimate of drug-likeness (QED) is 0.815. The van der Waals surface area contributed by atoms with Crippen molar-refractivity contribution >= 4 is 27.5 Å². The number of hydrogen-bond donors (Lipinski definition) is 1. The lowest BCUT2D eigenvalue weighted by Gasteiger charge is -2.37. The number of rotatable bonds is 6. The topological polar surface area (TPSA) is 62.7 Å². The average Bonchev–Trinajstić information content (AvgIpc) is 3.01. The zero-order valence-electron chi connectivity index (χ0n) is 14.0. The highest BCUT2D eigenvalue weighted by atomic mass is 32.1. The van der Waals surface area contributed by atoms with Crippen LogP contribution in [0, 0.1) is 0 Å². The van der Waals surface area contributed by atoms with Crippen LogP contribution in [-0.4, -0.2) is 52.8 Å². The molecule has 1 aliphatic rings. The predicted octanol–water partition coefficient (Wildman–Crippen LogP) is 2.62. The van der Waals surface area contributed by atoms with E-state index in [0.29, 0.717) is 19.6 Å². The molecule has 5 nitrogen and oxygen atoms in total. The van der Waals surface area contributed by atoms with E-state index in [2.05, 4.69) is 11.1 Å². The Morgan fingerprint density at radius 2 is 2.25 bits per heavy atom. The number of aromatic nitrogens is 1. The standard InChI is InChI=1S/C18H24N2O3S/c1-13-12-23-14(11-21)10-20(13)18(22)9-5-4-8-17-19-15-6-2-3-7-16(15)24-17/h2-3,6-7,13-14,21H,4-5,8-12H2,1H3. The molecule has 1 saturated heterocycles. The fraction of sp³-hybridized carbons (Fsp3) is 0.556. The number of para-hydroxylation sites is 1. The molecule has 1 aromatic heterocycles. The van der Waals surface area contributed by atoms with Gasteiger partial charge in [-0.3, -0.25) is 4.79 Å². The first-order valence-electron chi connectivity index (χ1n) is 8.53. The molecule has 1 fully saturated rings. The van der Waals surface area contributed by atoms with Gasteiger partial charge in [-0.1, -0.05) is 12.1 Å². The molecule has 2 unspecified atom stereocenters. The second-order valence-electron chi connectivity index (χ2n) is 6.32. The number of aryl methyl sites for hydroxylation is 1. The summed E-state index contributed by atoms with van der Waals surface area (Å²) >= 11 is 1.74. The first-order valence-corrected chi connectivity index (χ1v) is 9.35. The summed E-state index contributed by atoms with van der Waals surface area (Å²) in [5.74, 6) is 0.161. The average molecular weight is 348 g/mol. The highest BCUT2D eigenvalue weighted by molar-refractivity contribution is 7.18. The molecule has 2 aromatic rings. The van der Waals surface area contributed by atoms with E-state index in [9.17, 15) is 9.90 Å². The Morgan fingerprint density at radius 1 is 1.42 bits per heavy atom. The Hall–Kier alpha value is -1.50. The molecule has 0 aliphatic carbocycles. The van der Waals surface area contributed by atoms with E-state index in [-0.39, 0.29) is 24.7 Å². The molecule has 1 aliphatic heterocycles. The van der Waals surface area contributed by atoms with Crippen LogP contribution in [0.25, 0.3) is 10.2 Å². The van der Waals surface area contributed by atoms with Crippen LogP contribution in [0.5, 0.6) is 0 Å². The maximum atomic E-state index is 12.4. The summed E-state index contributed by atoms with van der Waals surface area (Å²) in [5.41, 5.74) is 1.06. The molecule has 2 atom stereocenters. The summed E-state index contributed by atoms with van der Waals surface area (Å²) in [4.78, 5) is 18.9. The first kappa shape index (κ1) is 17.3. The highest BCUT2D eigenvalue weighted by Crippen LogP contribution is 2.23. The van der Waals surface area contributed by atoms with Crippen molar-refractivity contribution in [3.63, 3.8) is 0 Å². The molecule has 0 spiro atoms. The van der Waals surface area contributed by atoms with Gasteiger partial charge in [0, 0.05) is 13.0 Å². The Labute approximate surface area is 146 Å². The number of unbranched alkanes of at least 4 members (excludes halogenated alkanes) is 1. The van der Waals surface area contributed by atoms with Gasteiger partial charge in [-0.05, 0) is 38.3 Å². The van der Waals surface area contributed by atoms with Crippen molar-refractivity contribution in [2.45, 2.75) is 44.8 Å². The van der Waals surface area contributed by atoms with E-state index in [4.69, 9.17) is 4.74 Å². The van der Waals surface area contributed by atoms with Gasteiger partial charge < -0.3 is 14.7 Å². The van der Waals surface area contributed by atoms with Crippen LogP contribution in [0.4, 0.5) is 0 Å². The maximum absolute atomic E-state index is 12.4. The monoisotopic (exact) mass is 348 g/mol. The summed E-state index contributed by atoms with van der Waals surface area (Å²) < 4.78 is 6.70. The van der Waals surface area contributed by atoms with Gasteiger partial charge in [-0.15, -0.1) is 11.3 Å². The van der Waals surface area contributed by atoms with Gasteiger partial charge in [0.15, 0.2) is 0 Å². The minimum atomic E-state index is -0.243. The van der Waals surface area contributed by atoms with E-state index in [0.717, 1.165) is 29.8 Å². The second-order valence-corrected chi connectivity index (χ2v) is 7.43. The summed E-state index contributed by atoms with van der Waals surface area (Å²) in [5, 5.41) is 10.4. The van der Waals surface area contributed by atoms with Crippen molar-refractivity contribution < 1.29 is 14.6 Å². The van der Waals surface area contributed by atoms with Gasteiger partial charge in [-0.2, -0.15) is 0 Å². The Bertz CT molecular complexity index is 655. The SMILES string of the molecule is CC1COC(CO)CN1C(=O)CCCCc1nc2ccccc2s1. The minimum absolute atomic E-state index is 0.0336. The number of carbonyl (C=O) groups excluding carboxylic acids is 1. The number of morpholine rings is 1. The molecule has 0 bridgehead atoms. The molecule has 6 heteroatoms. The maximum Gasteiger partial charge on any atom is 0.222 e. The van der Waals surface area contributed by atoms with Crippen molar-refractivity contribution in [2.75, 3.05) is 19.8 Å². The number of hydrogen-bond acceptors (Lipinski definition) is 5. The molecule has 2 heterocycles. The lowest BCUT2D eigenvalue weighted by molar-refractivity contribution is -0.146. The van der Waals surface area contributed by atoms with E-state index in [1.165, 1.54) is 4.70 Å². The van der Waals surface area contributed by atoms with E-state index in [1.54, 1.807) is 11.3 Å². The van der Waals surface area contributed by atoms with Crippen LogP contribution in [0.15, 0.2) is 24.3 Å². The zero-order chi connectivity index (χ0) is 16.9. The van der Waals surface area contributed by atoms with Gasteiger partial charge in [-0.25, -0.2) is 4.98 Å². The third-order valence-corrected chi connectivity index (χ3v) is 5.50. The van der Waals surface area contributed by atoms with Gasteiger partial charge in [0.2, 0.25) is 5.91 Å². The number of carbonyl (C=O) groups is 1. The second kappa shape index (κ2) is 8.05. The fourth-order valence-corrected chi connectivity index (χ4v) is 4.01. The van der Waals surface area contributed by atoms with Gasteiger partial charge in [0.05, 0.1) is 40.6 Å². The summed E-state index contributed by atoms with van der Waals surface area (Å²) in [6, 6.07) is 8.26. The van der Waals surface area contributed by atoms with Crippen LogP contribution in [0.1, 0.15) is 31.2 Å². The Morgan fingerprint density at radius 3 is 3.04 bits per heavy atom. The molecular weight excluding hydrogens is 324 g/mol. The van der Waals surface area contributed by atoms with Crippen LogP contribution in [0.3, 0.4) is 0 Å². The van der Waals surface area contributed by atoms with Crippen molar-refractivity contribution in [3.8, 4) is 0 Å². The third kappa shape index (κ3) is 4.12. The first-order chi connectivity index (χ1) is 11.7. The number of ether oxygens (including phenoxy) is 1. The normalized spacial score (nSPS) is 21.3. The summed E-state index contributed by atoms with van der Waals surface area (Å²) in [6.45, 7) is 2.96. The smallest absolute Gasteiger partial charge is 0.222 e. The van der Waals surface area contributed by atoms with E-state index >= 15 is 0 Å². The molecule has 0 saturated carbocycles. The molecule has 0 radical (unpaired) electrons. The van der Waals surface area contributed by atoms with Crippen LogP contribution >= 0.6 is 11.3 Å². The van der Waals surface area contributed by atoms with Crippen LogP contribution in [-0.2, 0) is 16.0 Å². The molecule has 130 valence electrons. The minimum Gasteiger partial charge on any atom is -0.394 e. The molecule has 1 N–H and O–H groups in total. The number of amides is 1. The van der Waals surface area contributed by atoms with E-state index < -0.39 is 0 Å². The Balaban J connectivity index is 1.44. The molecule has 1 aromatic carbocycles. The molecule has 3 rings (SSSR count). The number of fused-ring (bicyclic) bond motifs is 1. The van der Waals surface area contributed by atoms with Crippen molar-refractivity contribution in [1.29, 1.82) is 0 Å². The largest absolute Gasteiger partial charge is 0.394 e. The lowest BCUT2D eigenvalue weighted by atomic mass is 10.1. The van der Waals surface area contributed by atoms with E-state index in [1.807, 2.05) is 30.0 Å². The number of nitrogens with zero attached hydrogens (tertiary/aromatic N) is 2. The zero-order valence-corrected chi connectivity index (χ0v) is 14.8. The number of benzene rings is 1. The summed E-state index contributed by atoms with van der Waals surface area (Å²) in [6.07, 6.45) is 3.06. The molecular formula is C18H24N2O3S. The number of aliphatic hydroxyl groups is 1. The van der Waals surface area contributed by atoms with Crippen LogP contribution in [0.2, 0.25) is 0 Å². The van der Waals surface area contributed by atoms with Gasteiger partial charge in [0.1, 0.15) is 0 Å². The number of aliphatic hydroxyl groups excluding tert-OH is 1. The third-order valence-electron chi connectivity index (χ3n) is 4.40. The van der Waals surface area contributed by atoms with Crippen LogP contribution < -0.4 is 0 Å². The summed E-state index contributed by atoms with van der Waals surface area (Å²) in [7, 11) is 0. The van der Waals surface area contributed by atoms with Gasteiger partial charge >= 0.3 is 0 Å². The molecule has 24 heavy (non-hydrogen) atoms. The van der Waals surface area contributed by atoms with Crippen molar-refractivity contribution in [2.24, 2.45) is 0 Å². The van der Waals surface area contributed by atoms with Crippen molar-refractivity contribution in [3.05, 3.63) is 29.3 Å². The molecule has 1 amide bonds. The van der Waals surface area contributed by atoms with Crippen molar-refractivity contribution in [1.82, 2.24) is 9.88 Å². The lowest BCUT2D eigenvalue weighted by Crippen LogP contribution is -2.51. The highest BCUT2D eigenvalue weighted by Gasteiger charge is 2.28. The Kier molecular flexibility index (Phi) is 5.81. The predicted molar refractivity (Wildman–Crippen MR) is 95.2 cm³/mol. The fourth-order valence-electron chi connectivity index (χ4n) is 3.00.